The molecule has 1 amide bonds. The van der Waals surface area contributed by atoms with Gasteiger partial charge in [-0.25, -0.2) is 13.4 Å². The lowest BCUT2D eigenvalue weighted by molar-refractivity contribution is -0.123. The topological polar surface area (TPSA) is 70.6 Å². The van der Waals surface area contributed by atoms with E-state index in [-0.39, 0.29) is 11.8 Å². The number of fused-ring (bicyclic) bond motifs is 1. The number of amides is 1. The quantitative estimate of drug-likeness (QED) is 0.311. The van der Waals surface area contributed by atoms with Crippen molar-refractivity contribution in [1.82, 2.24) is 9.29 Å². The van der Waals surface area contributed by atoms with E-state index in [4.69, 9.17) is 4.98 Å². The Labute approximate surface area is 222 Å². The number of sulfonamides is 1. The standard InChI is InChI=1S/C29H31N3O3S2/c1-20-9-11-25(12-10-20)37(34,35)31-15-13-24(14-16-31)28(33)32(19-23-7-5-4-6-8-23)29-30-26-17-21(2)22(3)18-27(26)36-29/h4-12,17-18,24H,13-16,19H2,1-3H3. The van der Waals surface area contributed by atoms with Crippen LogP contribution in [0.1, 0.15) is 35.1 Å². The highest BCUT2D eigenvalue weighted by Gasteiger charge is 2.35. The maximum Gasteiger partial charge on any atom is 0.243 e. The van der Waals surface area contributed by atoms with Crippen LogP contribution in [-0.2, 0) is 21.4 Å². The molecule has 0 N–H and O–H groups in total. The Balaban J connectivity index is 1.38. The first-order valence-electron chi connectivity index (χ1n) is 12.5. The Hall–Kier alpha value is -3.07. The van der Waals surface area contributed by atoms with E-state index in [2.05, 4.69) is 26.0 Å². The summed E-state index contributed by atoms with van der Waals surface area (Å²) in [6.45, 7) is 7.16. The fourth-order valence-corrected chi connectivity index (χ4v) is 7.23. The summed E-state index contributed by atoms with van der Waals surface area (Å²) in [4.78, 5) is 20.8. The van der Waals surface area contributed by atoms with Crippen LogP contribution in [0.15, 0.2) is 71.6 Å². The van der Waals surface area contributed by atoms with Gasteiger partial charge < -0.3 is 0 Å². The Morgan fingerprint density at radius 3 is 2.30 bits per heavy atom. The molecule has 6 nitrogen and oxygen atoms in total. The summed E-state index contributed by atoms with van der Waals surface area (Å²) in [5.41, 5.74) is 5.31. The highest BCUT2D eigenvalue weighted by Crippen LogP contribution is 2.34. The van der Waals surface area contributed by atoms with Gasteiger partial charge in [-0.2, -0.15) is 4.31 Å². The Bertz CT molecular complexity index is 1480. The fraction of sp³-hybridized carbons (Fsp3) is 0.310. The van der Waals surface area contributed by atoms with Crippen molar-refractivity contribution in [1.29, 1.82) is 0 Å². The molecule has 0 saturated carbocycles. The van der Waals surface area contributed by atoms with E-state index in [0.29, 0.717) is 42.5 Å². The van der Waals surface area contributed by atoms with Crippen molar-refractivity contribution in [3.8, 4) is 0 Å². The predicted octanol–water partition coefficient (Wildman–Crippen LogP) is 5.86. The van der Waals surface area contributed by atoms with Crippen LogP contribution in [0.5, 0.6) is 0 Å². The van der Waals surface area contributed by atoms with Crippen molar-refractivity contribution < 1.29 is 13.2 Å². The molecule has 1 aromatic heterocycles. The number of nitrogens with zero attached hydrogens (tertiary/aromatic N) is 3. The number of hydrogen-bond acceptors (Lipinski definition) is 5. The van der Waals surface area contributed by atoms with Gasteiger partial charge in [-0.3, -0.25) is 9.69 Å². The van der Waals surface area contributed by atoms with Crippen molar-refractivity contribution >= 4 is 42.6 Å². The zero-order valence-electron chi connectivity index (χ0n) is 21.3. The van der Waals surface area contributed by atoms with Gasteiger partial charge in [0.2, 0.25) is 15.9 Å². The number of anilines is 1. The van der Waals surface area contributed by atoms with Gasteiger partial charge in [0.05, 0.1) is 21.7 Å². The summed E-state index contributed by atoms with van der Waals surface area (Å²) in [5, 5.41) is 0.684. The molecule has 0 spiro atoms. The molecule has 8 heteroatoms. The molecule has 0 unspecified atom stereocenters. The summed E-state index contributed by atoms with van der Waals surface area (Å²) < 4.78 is 28.9. The van der Waals surface area contributed by atoms with E-state index in [1.165, 1.54) is 26.8 Å². The molecule has 5 rings (SSSR count). The number of benzene rings is 3. The second-order valence-corrected chi connectivity index (χ2v) is 12.7. The highest BCUT2D eigenvalue weighted by atomic mass is 32.2. The van der Waals surface area contributed by atoms with Crippen LogP contribution < -0.4 is 4.90 Å². The zero-order valence-corrected chi connectivity index (χ0v) is 23.0. The zero-order chi connectivity index (χ0) is 26.2. The largest absolute Gasteiger partial charge is 0.283 e. The Morgan fingerprint density at radius 1 is 0.973 bits per heavy atom. The first-order valence-corrected chi connectivity index (χ1v) is 14.8. The summed E-state index contributed by atoms with van der Waals surface area (Å²) in [6, 6.07) is 21.1. The lowest BCUT2D eigenvalue weighted by atomic mass is 9.96. The first kappa shape index (κ1) is 25.6. The molecular weight excluding hydrogens is 502 g/mol. The molecule has 1 saturated heterocycles. The van der Waals surface area contributed by atoms with E-state index in [9.17, 15) is 13.2 Å². The van der Waals surface area contributed by atoms with E-state index in [0.717, 1.165) is 21.3 Å². The molecule has 2 heterocycles. The van der Waals surface area contributed by atoms with E-state index < -0.39 is 10.0 Å². The SMILES string of the molecule is Cc1ccc(S(=O)(=O)N2CCC(C(=O)N(Cc3ccccc3)c3nc4cc(C)c(C)cc4s3)CC2)cc1. The van der Waals surface area contributed by atoms with Crippen molar-refractivity contribution in [2.75, 3.05) is 18.0 Å². The molecular formula is C29H31N3O3S2. The van der Waals surface area contributed by atoms with Crippen LogP contribution >= 0.6 is 11.3 Å². The summed E-state index contributed by atoms with van der Waals surface area (Å²) >= 11 is 1.53. The van der Waals surface area contributed by atoms with Crippen LogP contribution in [0.2, 0.25) is 0 Å². The molecule has 4 aromatic rings. The van der Waals surface area contributed by atoms with Crippen LogP contribution in [0.25, 0.3) is 10.2 Å². The van der Waals surface area contributed by atoms with Crippen molar-refractivity contribution in [2.45, 2.75) is 45.1 Å². The van der Waals surface area contributed by atoms with Gasteiger partial charge in [0.25, 0.3) is 0 Å². The van der Waals surface area contributed by atoms with Gasteiger partial charge in [-0.15, -0.1) is 0 Å². The number of thiazole rings is 1. The smallest absolute Gasteiger partial charge is 0.243 e. The number of hydrogen-bond donors (Lipinski definition) is 0. The van der Waals surface area contributed by atoms with E-state index in [1.54, 1.807) is 17.0 Å². The van der Waals surface area contributed by atoms with Gasteiger partial charge in [0.1, 0.15) is 0 Å². The molecule has 3 aromatic carbocycles. The van der Waals surface area contributed by atoms with Crippen LogP contribution in [-0.4, -0.2) is 36.7 Å². The van der Waals surface area contributed by atoms with Gasteiger partial charge in [0, 0.05) is 19.0 Å². The number of rotatable bonds is 6. The highest BCUT2D eigenvalue weighted by molar-refractivity contribution is 7.89. The van der Waals surface area contributed by atoms with Crippen molar-refractivity contribution in [3.63, 3.8) is 0 Å². The molecule has 1 fully saturated rings. The van der Waals surface area contributed by atoms with E-state index >= 15 is 0 Å². The summed E-state index contributed by atoms with van der Waals surface area (Å²) in [5.74, 6) is -0.257. The summed E-state index contributed by atoms with van der Waals surface area (Å²) in [7, 11) is -3.58. The average molecular weight is 534 g/mol. The minimum absolute atomic E-state index is 0.00346. The van der Waals surface area contributed by atoms with Gasteiger partial charge in [-0.05, 0) is 74.6 Å². The van der Waals surface area contributed by atoms with Crippen LogP contribution in [0.4, 0.5) is 5.13 Å². The lowest BCUT2D eigenvalue weighted by Crippen LogP contribution is -2.44. The third kappa shape index (κ3) is 5.32. The maximum atomic E-state index is 13.9. The minimum atomic E-state index is -3.58. The predicted molar refractivity (Wildman–Crippen MR) is 149 cm³/mol. The van der Waals surface area contributed by atoms with Crippen LogP contribution in [0.3, 0.4) is 0 Å². The molecule has 0 aliphatic carbocycles. The number of carbonyl (C=O) groups excluding carboxylic acids is 1. The van der Waals surface area contributed by atoms with Gasteiger partial charge in [-0.1, -0.05) is 59.4 Å². The van der Waals surface area contributed by atoms with Crippen LogP contribution in [0, 0.1) is 26.7 Å². The monoisotopic (exact) mass is 533 g/mol. The lowest BCUT2D eigenvalue weighted by Gasteiger charge is -2.33. The molecule has 0 bridgehead atoms. The summed E-state index contributed by atoms with van der Waals surface area (Å²) in [6.07, 6.45) is 0.969. The molecule has 192 valence electrons. The average Bonchev–Trinajstić information content (AvgIpc) is 3.30. The molecule has 1 aliphatic rings. The van der Waals surface area contributed by atoms with Gasteiger partial charge >= 0.3 is 0 Å². The first-order chi connectivity index (χ1) is 17.7. The van der Waals surface area contributed by atoms with Gasteiger partial charge in [0.15, 0.2) is 5.13 Å². The third-order valence-corrected chi connectivity index (χ3v) is 10.1. The maximum absolute atomic E-state index is 13.9. The Kier molecular flexibility index (Phi) is 7.16. The fourth-order valence-electron chi connectivity index (χ4n) is 4.71. The number of aromatic nitrogens is 1. The second kappa shape index (κ2) is 10.4. The molecule has 0 radical (unpaired) electrons. The second-order valence-electron chi connectivity index (χ2n) is 9.80. The molecule has 0 atom stereocenters. The normalized spacial score (nSPS) is 15.2. The van der Waals surface area contributed by atoms with E-state index in [1.807, 2.05) is 49.4 Å². The van der Waals surface area contributed by atoms with Crippen molar-refractivity contribution in [2.24, 2.45) is 5.92 Å². The number of carbonyl (C=O) groups is 1. The molecule has 1 aliphatic heterocycles. The third-order valence-electron chi connectivity index (χ3n) is 7.13. The molecule has 37 heavy (non-hydrogen) atoms. The number of aryl methyl sites for hydroxylation is 3. The minimum Gasteiger partial charge on any atom is -0.283 e. The Morgan fingerprint density at radius 2 is 1.62 bits per heavy atom. The number of piperidine rings is 1. The van der Waals surface area contributed by atoms with Crippen molar-refractivity contribution in [3.05, 3.63) is 89.0 Å².